The van der Waals surface area contributed by atoms with Gasteiger partial charge in [-0.25, -0.2) is 5.21 Å². The van der Waals surface area contributed by atoms with Crippen LogP contribution in [0.15, 0.2) is 48.5 Å². The maximum atomic E-state index is 11.2. The van der Waals surface area contributed by atoms with Crippen LogP contribution in [0.1, 0.15) is 17.3 Å². The number of nitrogens with one attached hydrogen (secondary N) is 1. The Morgan fingerprint density at radius 2 is 1.78 bits per heavy atom. The van der Waals surface area contributed by atoms with E-state index in [4.69, 9.17) is 5.21 Å². The third kappa shape index (κ3) is 2.62. The van der Waals surface area contributed by atoms with Gasteiger partial charge in [0.25, 0.3) is 0 Å². The van der Waals surface area contributed by atoms with E-state index >= 15 is 0 Å². The van der Waals surface area contributed by atoms with E-state index in [2.05, 4.69) is 0 Å². The number of carbonyl (C=O) groups excluding carboxylic acids is 1. The van der Waals surface area contributed by atoms with Crippen molar-refractivity contribution in [1.82, 2.24) is 0 Å². The molecule has 2 N–H and O–H groups in total. The van der Waals surface area contributed by atoms with Gasteiger partial charge in [0.1, 0.15) is 0 Å². The Morgan fingerprint density at radius 1 is 1.11 bits per heavy atom. The third-order valence-electron chi connectivity index (χ3n) is 2.73. The summed E-state index contributed by atoms with van der Waals surface area (Å²) < 4.78 is 0. The van der Waals surface area contributed by atoms with Gasteiger partial charge in [-0.1, -0.05) is 36.4 Å². The Morgan fingerprint density at radius 3 is 2.33 bits per heavy atom. The molecule has 0 aliphatic carbocycles. The van der Waals surface area contributed by atoms with Crippen molar-refractivity contribution < 1.29 is 15.2 Å². The van der Waals surface area contributed by atoms with Gasteiger partial charge in [0, 0.05) is 17.7 Å². The summed E-state index contributed by atoms with van der Waals surface area (Å²) in [5.74, 6) is 0.0147. The van der Waals surface area contributed by atoms with E-state index in [9.17, 15) is 10.0 Å². The number of ketones is 1. The van der Waals surface area contributed by atoms with Crippen LogP contribution in [-0.2, 0) is 0 Å². The number of hydrogen-bond acceptors (Lipinski definition) is 3. The maximum absolute atomic E-state index is 11.2. The molecule has 0 aliphatic heterocycles. The van der Waals surface area contributed by atoms with Crippen molar-refractivity contribution in [3.63, 3.8) is 0 Å². The molecule has 92 valence electrons. The predicted molar refractivity (Wildman–Crippen MR) is 67.7 cm³/mol. The fraction of sp³-hybridized carbons (Fsp3) is 0.0714. The number of quaternary nitrogens is 1. The zero-order valence-corrected chi connectivity index (χ0v) is 9.88. The lowest BCUT2D eigenvalue weighted by molar-refractivity contribution is -0.991. The lowest BCUT2D eigenvalue weighted by Gasteiger charge is -2.12. The van der Waals surface area contributed by atoms with Crippen molar-refractivity contribution >= 4 is 11.5 Å². The minimum absolute atomic E-state index is 0.0147. The number of carbonyl (C=O) groups is 1. The molecule has 2 rings (SSSR count). The molecule has 0 bridgehead atoms. The van der Waals surface area contributed by atoms with Crippen LogP contribution in [0, 0.1) is 5.21 Å². The van der Waals surface area contributed by atoms with Gasteiger partial charge in [-0.3, -0.25) is 4.79 Å². The Labute approximate surface area is 105 Å². The van der Waals surface area contributed by atoms with E-state index in [0.29, 0.717) is 5.56 Å². The highest BCUT2D eigenvalue weighted by Crippen LogP contribution is 2.21. The number of Topliss-reactive ketones (excluding diaryl/α,β-unsaturated/α-hetero) is 1. The molecule has 2 aromatic rings. The highest BCUT2D eigenvalue weighted by atomic mass is 16.8. The average molecular weight is 243 g/mol. The number of rotatable bonds is 3. The Bertz CT molecular complexity index is 562. The highest BCUT2D eigenvalue weighted by molar-refractivity contribution is 5.94. The molecule has 0 aromatic heterocycles. The van der Waals surface area contributed by atoms with Crippen LogP contribution in [-0.4, -0.2) is 11.0 Å². The molecule has 18 heavy (non-hydrogen) atoms. The summed E-state index contributed by atoms with van der Waals surface area (Å²) in [5.41, 5.74) is 2.62. The van der Waals surface area contributed by atoms with Crippen LogP contribution in [0.4, 0.5) is 5.69 Å². The van der Waals surface area contributed by atoms with Crippen LogP contribution in [0.3, 0.4) is 0 Å². The SMILES string of the molecule is CC(=O)c1ccc(-c2cccc([NH+]([O-])O)c2)cc1. The first-order valence-electron chi connectivity index (χ1n) is 5.52. The maximum Gasteiger partial charge on any atom is 0.164 e. The molecular formula is C14H13NO3. The lowest BCUT2D eigenvalue weighted by atomic mass is 10.0. The first-order chi connectivity index (χ1) is 8.58. The zero-order valence-electron chi connectivity index (χ0n) is 9.88. The fourth-order valence-electron chi connectivity index (χ4n) is 1.73. The molecule has 0 aliphatic rings. The van der Waals surface area contributed by atoms with Crippen molar-refractivity contribution in [2.45, 2.75) is 6.92 Å². The van der Waals surface area contributed by atoms with E-state index < -0.39 is 5.23 Å². The van der Waals surface area contributed by atoms with Crippen LogP contribution < -0.4 is 5.23 Å². The molecule has 0 fully saturated rings. The normalized spacial score (nSPS) is 12.2. The second-order valence-corrected chi connectivity index (χ2v) is 4.02. The van der Waals surface area contributed by atoms with E-state index in [-0.39, 0.29) is 11.5 Å². The monoisotopic (exact) mass is 243 g/mol. The highest BCUT2D eigenvalue weighted by Gasteiger charge is 2.04. The molecule has 0 saturated carbocycles. The number of benzene rings is 2. The van der Waals surface area contributed by atoms with E-state index in [1.807, 2.05) is 18.2 Å². The molecule has 0 spiro atoms. The van der Waals surface area contributed by atoms with Crippen molar-refractivity contribution in [2.75, 3.05) is 0 Å². The molecule has 4 heteroatoms. The molecule has 1 unspecified atom stereocenters. The van der Waals surface area contributed by atoms with Crippen molar-refractivity contribution in [3.05, 3.63) is 59.3 Å². The molecule has 1 atom stereocenters. The Hall–Kier alpha value is -2.01. The summed E-state index contributed by atoms with van der Waals surface area (Å²) in [6, 6.07) is 13.8. The summed E-state index contributed by atoms with van der Waals surface area (Å²) in [6.45, 7) is 1.51. The lowest BCUT2D eigenvalue weighted by Crippen LogP contribution is -2.99. The Balaban J connectivity index is 2.36. The van der Waals surface area contributed by atoms with E-state index in [1.54, 1.807) is 30.3 Å². The largest absolute Gasteiger partial charge is 0.595 e. The summed E-state index contributed by atoms with van der Waals surface area (Å²) in [5, 5.41) is 18.9. The topological polar surface area (TPSA) is 64.8 Å². The molecule has 0 heterocycles. The molecule has 0 saturated heterocycles. The predicted octanol–water partition coefficient (Wildman–Crippen LogP) is 1.96. The standard InChI is InChI=1S/C14H13NO3/c1-10(16)11-5-7-12(8-6-11)13-3-2-4-14(9-13)15(17)18/h2-9,15,17H,1H3. The summed E-state index contributed by atoms with van der Waals surface area (Å²) in [4.78, 5) is 11.2. The molecule has 4 nitrogen and oxygen atoms in total. The van der Waals surface area contributed by atoms with Gasteiger partial charge in [-0.2, -0.15) is 5.23 Å². The minimum Gasteiger partial charge on any atom is -0.595 e. The molecular weight excluding hydrogens is 230 g/mol. The minimum atomic E-state index is -0.947. The van der Waals surface area contributed by atoms with Gasteiger partial charge in [-0.15, -0.1) is 0 Å². The summed E-state index contributed by atoms with van der Waals surface area (Å²) >= 11 is 0. The fourth-order valence-corrected chi connectivity index (χ4v) is 1.73. The van der Waals surface area contributed by atoms with Gasteiger partial charge in [0.2, 0.25) is 0 Å². The quantitative estimate of drug-likeness (QED) is 0.639. The average Bonchev–Trinajstić information content (AvgIpc) is 2.39. The second kappa shape index (κ2) is 5.10. The Kier molecular flexibility index (Phi) is 3.53. The third-order valence-corrected chi connectivity index (χ3v) is 2.73. The van der Waals surface area contributed by atoms with Crippen LogP contribution in [0.5, 0.6) is 0 Å². The number of hydrogen-bond donors (Lipinski definition) is 2. The van der Waals surface area contributed by atoms with Crippen LogP contribution >= 0.6 is 0 Å². The van der Waals surface area contributed by atoms with Gasteiger partial charge in [0.15, 0.2) is 11.5 Å². The van der Waals surface area contributed by atoms with E-state index in [0.717, 1.165) is 11.1 Å². The smallest absolute Gasteiger partial charge is 0.164 e. The van der Waals surface area contributed by atoms with Crippen molar-refractivity contribution in [2.24, 2.45) is 0 Å². The molecule has 2 aromatic carbocycles. The van der Waals surface area contributed by atoms with Gasteiger partial charge in [0.05, 0.1) is 0 Å². The van der Waals surface area contributed by atoms with Gasteiger partial charge < -0.3 is 5.21 Å². The molecule has 0 radical (unpaired) electrons. The second-order valence-electron chi connectivity index (χ2n) is 4.02. The van der Waals surface area contributed by atoms with Gasteiger partial charge >= 0.3 is 0 Å². The zero-order chi connectivity index (χ0) is 13.1. The summed E-state index contributed by atoms with van der Waals surface area (Å²) in [7, 11) is 0. The first kappa shape index (κ1) is 12.4. The van der Waals surface area contributed by atoms with Crippen LogP contribution in [0.2, 0.25) is 0 Å². The first-order valence-corrected chi connectivity index (χ1v) is 5.52. The van der Waals surface area contributed by atoms with E-state index in [1.165, 1.54) is 6.92 Å². The van der Waals surface area contributed by atoms with Crippen molar-refractivity contribution in [3.8, 4) is 11.1 Å². The van der Waals surface area contributed by atoms with Gasteiger partial charge in [-0.05, 0) is 18.1 Å². The van der Waals surface area contributed by atoms with Crippen molar-refractivity contribution in [1.29, 1.82) is 0 Å². The molecule has 0 amide bonds. The summed E-state index contributed by atoms with van der Waals surface area (Å²) in [6.07, 6.45) is 0. The van der Waals surface area contributed by atoms with Crippen LogP contribution in [0.25, 0.3) is 11.1 Å².